The minimum atomic E-state index is -3.67. The number of carbonyl (C=O) groups is 1. The molecule has 3 rings (SSSR count). The number of amides is 1. The molecule has 33 heavy (non-hydrogen) atoms. The molecule has 1 saturated heterocycles. The Hall–Kier alpha value is -2.33. The number of benzene rings is 2. The number of rotatable bonds is 9. The van der Waals surface area contributed by atoms with Crippen LogP contribution in [0.1, 0.15) is 16.8 Å². The molecule has 1 heterocycles. The standard InChI is InChI=1S/C23H30ClN3O5S/c1-25(2)33(29,30)20-9-10-22(27-12-15-31-16-13-27)21(17-20)23(28)26(3)11-4-14-32-19-7-5-18(24)6-8-19/h5-10,17H,4,11-16H2,1-3H3. The van der Waals surface area contributed by atoms with E-state index >= 15 is 0 Å². The lowest BCUT2D eigenvalue weighted by Crippen LogP contribution is -2.38. The van der Waals surface area contributed by atoms with Crippen molar-refractivity contribution in [3.05, 3.63) is 53.1 Å². The maximum atomic E-state index is 13.4. The van der Waals surface area contributed by atoms with Crippen molar-refractivity contribution in [2.75, 3.05) is 65.5 Å². The zero-order valence-corrected chi connectivity index (χ0v) is 20.7. The van der Waals surface area contributed by atoms with Crippen molar-refractivity contribution in [2.45, 2.75) is 11.3 Å². The molecule has 2 aromatic carbocycles. The second-order valence-electron chi connectivity index (χ2n) is 7.95. The van der Waals surface area contributed by atoms with Crippen molar-refractivity contribution in [1.29, 1.82) is 0 Å². The van der Waals surface area contributed by atoms with Crippen LogP contribution in [0.5, 0.6) is 5.75 Å². The van der Waals surface area contributed by atoms with Crippen molar-refractivity contribution in [1.82, 2.24) is 9.21 Å². The Morgan fingerprint density at radius 1 is 1.09 bits per heavy atom. The number of hydrogen-bond donors (Lipinski definition) is 0. The molecule has 2 aromatic rings. The molecule has 1 fully saturated rings. The van der Waals surface area contributed by atoms with Crippen LogP contribution in [-0.2, 0) is 14.8 Å². The minimum Gasteiger partial charge on any atom is -0.494 e. The molecular formula is C23H30ClN3O5S. The summed E-state index contributed by atoms with van der Waals surface area (Å²) >= 11 is 5.88. The Morgan fingerprint density at radius 3 is 2.39 bits per heavy atom. The SMILES string of the molecule is CN(CCCOc1ccc(Cl)cc1)C(=O)c1cc(S(=O)(=O)N(C)C)ccc1N1CCOCC1. The van der Waals surface area contributed by atoms with Crippen LogP contribution in [0.25, 0.3) is 0 Å². The molecule has 1 aliphatic rings. The van der Waals surface area contributed by atoms with Crippen LogP contribution in [0.4, 0.5) is 5.69 Å². The van der Waals surface area contributed by atoms with E-state index in [4.69, 9.17) is 21.1 Å². The molecule has 0 unspecified atom stereocenters. The summed E-state index contributed by atoms with van der Waals surface area (Å²) < 4.78 is 37.6. The highest BCUT2D eigenvalue weighted by Gasteiger charge is 2.25. The van der Waals surface area contributed by atoms with E-state index in [1.807, 2.05) is 0 Å². The highest BCUT2D eigenvalue weighted by atomic mass is 35.5. The number of ether oxygens (including phenoxy) is 2. The molecule has 0 saturated carbocycles. The molecule has 1 aliphatic heterocycles. The minimum absolute atomic E-state index is 0.0901. The maximum absolute atomic E-state index is 13.4. The average Bonchev–Trinajstić information content (AvgIpc) is 2.82. The van der Waals surface area contributed by atoms with Crippen molar-refractivity contribution >= 4 is 33.2 Å². The van der Waals surface area contributed by atoms with E-state index in [1.54, 1.807) is 48.3 Å². The van der Waals surface area contributed by atoms with Gasteiger partial charge in [0.25, 0.3) is 5.91 Å². The second kappa shape index (κ2) is 11.2. The number of sulfonamides is 1. The van der Waals surface area contributed by atoms with E-state index < -0.39 is 10.0 Å². The van der Waals surface area contributed by atoms with Crippen LogP contribution in [-0.4, -0.2) is 84.1 Å². The summed E-state index contributed by atoms with van der Waals surface area (Å²) in [7, 11) is 0.982. The Balaban J connectivity index is 1.74. The van der Waals surface area contributed by atoms with Crippen LogP contribution in [0.2, 0.25) is 5.02 Å². The van der Waals surface area contributed by atoms with Crippen molar-refractivity contribution in [3.63, 3.8) is 0 Å². The predicted octanol–water partition coefficient (Wildman–Crippen LogP) is 2.97. The van der Waals surface area contributed by atoms with Gasteiger partial charge in [-0.25, -0.2) is 12.7 Å². The van der Waals surface area contributed by atoms with Gasteiger partial charge < -0.3 is 19.3 Å². The van der Waals surface area contributed by atoms with Gasteiger partial charge in [-0.1, -0.05) is 11.6 Å². The second-order valence-corrected chi connectivity index (χ2v) is 10.5. The molecule has 0 aromatic heterocycles. The summed E-state index contributed by atoms with van der Waals surface area (Å²) in [6.45, 7) is 3.29. The summed E-state index contributed by atoms with van der Waals surface area (Å²) in [6, 6.07) is 11.8. The summed E-state index contributed by atoms with van der Waals surface area (Å²) in [5.41, 5.74) is 1.08. The smallest absolute Gasteiger partial charge is 0.255 e. The summed E-state index contributed by atoms with van der Waals surface area (Å²) in [4.78, 5) is 17.1. The fourth-order valence-electron chi connectivity index (χ4n) is 3.47. The molecule has 1 amide bonds. The topological polar surface area (TPSA) is 79.4 Å². The average molecular weight is 496 g/mol. The third-order valence-corrected chi connectivity index (χ3v) is 7.46. The Labute approximate surface area is 200 Å². The molecule has 0 aliphatic carbocycles. The van der Waals surface area contributed by atoms with Gasteiger partial charge >= 0.3 is 0 Å². The first kappa shape index (κ1) is 25.3. The third-order valence-electron chi connectivity index (χ3n) is 5.40. The van der Waals surface area contributed by atoms with Crippen molar-refractivity contribution in [2.24, 2.45) is 0 Å². The van der Waals surface area contributed by atoms with Gasteiger partial charge in [0, 0.05) is 51.5 Å². The first-order valence-corrected chi connectivity index (χ1v) is 12.5. The van der Waals surface area contributed by atoms with E-state index in [0.717, 1.165) is 4.31 Å². The predicted molar refractivity (Wildman–Crippen MR) is 129 cm³/mol. The monoisotopic (exact) mass is 495 g/mol. The lowest BCUT2D eigenvalue weighted by Gasteiger charge is -2.31. The first-order chi connectivity index (χ1) is 15.7. The lowest BCUT2D eigenvalue weighted by molar-refractivity contribution is 0.0787. The summed E-state index contributed by atoms with van der Waals surface area (Å²) in [5, 5.41) is 0.641. The van der Waals surface area contributed by atoms with Gasteiger partial charge in [-0.2, -0.15) is 0 Å². The molecule has 0 bridgehead atoms. The number of carbonyl (C=O) groups excluding carboxylic acids is 1. The fraction of sp³-hybridized carbons (Fsp3) is 0.435. The first-order valence-electron chi connectivity index (χ1n) is 10.7. The van der Waals surface area contributed by atoms with Gasteiger partial charge in [0.1, 0.15) is 5.75 Å². The van der Waals surface area contributed by atoms with E-state index in [-0.39, 0.29) is 10.8 Å². The quantitative estimate of drug-likeness (QED) is 0.498. The highest BCUT2D eigenvalue weighted by Crippen LogP contribution is 2.27. The van der Waals surface area contributed by atoms with Gasteiger partial charge in [0.2, 0.25) is 10.0 Å². The number of anilines is 1. The largest absolute Gasteiger partial charge is 0.494 e. The number of nitrogens with zero attached hydrogens (tertiary/aromatic N) is 3. The molecule has 0 N–H and O–H groups in total. The number of morpholine rings is 1. The van der Waals surface area contributed by atoms with Gasteiger partial charge in [-0.05, 0) is 48.9 Å². The van der Waals surface area contributed by atoms with Gasteiger partial charge in [-0.15, -0.1) is 0 Å². The highest BCUT2D eigenvalue weighted by molar-refractivity contribution is 7.89. The van der Waals surface area contributed by atoms with Crippen LogP contribution >= 0.6 is 11.6 Å². The van der Waals surface area contributed by atoms with E-state index in [9.17, 15) is 13.2 Å². The third kappa shape index (κ3) is 6.38. The Bertz CT molecular complexity index is 1050. The van der Waals surface area contributed by atoms with Crippen LogP contribution in [0, 0.1) is 0 Å². The fourth-order valence-corrected chi connectivity index (χ4v) is 4.52. The van der Waals surface area contributed by atoms with Gasteiger partial charge in [-0.3, -0.25) is 4.79 Å². The molecule has 180 valence electrons. The van der Waals surface area contributed by atoms with Crippen LogP contribution in [0.3, 0.4) is 0 Å². The molecule has 0 spiro atoms. The summed E-state index contributed by atoms with van der Waals surface area (Å²) in [6.07, 6.45) is 0.618. The molecule has 0 radical (unpaired) electrons. The molecule has 10 heteroatoms. The number of hydrogen-bond acceptors (Lipinski definition) is 6. The zero-order valence-electron chi connectivity index (χ0n) is 19.2. The lowest BCUT2D eigenvalue weighted by atomic mass is 10.1. The van der Waals surface area contributed by atoms with E-state index in [1.165, 1.54) is 20.2 Å². The Kier molecular flexibility index (Phi) is 8.58. The molecular weight excluding hydrogens is 466 g/mol. The number of halogens is 1. The van der Waals surface area contributed by atoms with Gasteiger partial charge in [0.05, 0.1) is 30.3 Å². The maximum Gasteiger partial charge on any atom is 0.255 e. The zero-order chi connectivity index (χ0) is 24.0. The van der Waals surface area contributed by atoms with Crippen LogP contribution in [0.15, 0.2) is 47.4 Å². The normalized spacial score (nSPS) is 14.4. The molecule has 0 atom stereocenters. The Morgan fingerprint density at radius 2 is 1.76 bits per heavy atom. The summed E-state index contributed by atoms with van der Waals surface area (Å²) in [5.74, 6) is 0.475. The van der Waals surface area contributed by atoms with Crippen molar-refractivity contribution in [3.8, 4) is 5.75 Å². The molecule has 8 nitrogen and oxygen atoms in total. The van der Waals surface area contributed by atoms with Crippen LogP contribution < -0.4 is 9.64 Å². The van der Waals surface area contributed by atoms with E-state index in [0.29, 0.717) is 67.9 Å². The van der Waals surface area contributed by atoms with Gasteiger partial charge in [0.15, 0.2) is 0 Å². The van der Waals surface area contributed by atoms with E-state index in [2.05, 4.69) is 4.90 Å². The van der Waals surface area contributed by atoms with Crippen molar-refractivity contribution < 1.29 is 22.7 Å².